The lowest BCUT2D eigenvalue weighted by Gasteiger charge is -2.36. The molecule has 0 saturated carbocycles. The third-order valence-electron chi connectivity index (χ3n) is 5.37. The lowest BCUT2D eigenvalue weighted by Crippen LogP contribution is -2.51. The van der Waals surface area contributed by atoms with E-state index in [1.807, 2.05) is 34.0 Å². The first-order chi connectivity index (χ1) is 14.2. The van der Waals surface area contributed by atoms with Gasteiger partial charge in [-0.3, -0.25) is 4.68 Å². The number of carbonyl (C=O) groups excluding carboxylic acids is 1. The van der Waals surface area contributed by atoms with Crippen molar-refractivity contribution in [3.05, 3.63) is 83.7 Å². The van der Waals surface area contributed by atoms with Gasteiger partial charge in [-0.2, -0.15) is 5.10 Å². The van der Waals surface area contributed by atoms with Crippen molar-refractivity contribution >= 4 is 11.7 Å². The molecule has 0 spiro atoms. The first kappa shape index (κ1) is 19.1. The number of rotatable bonds is 5. The summed E-state index contributed by atoms with van der Waals surface area (Å²) in [6.45, 7) is 6.50. The first-order valence-electron chi connectivity index (χ1n) is 10.1. The highest BCUT2D eigenvalue weighted by Crippen LogP contribution is 2.18. The number of nitrogens with one attached hydrogen (secondary N) is 1. The third-order valence-corrected chi connectivity index (χ3v) is 5.37. The Balaban J connectivity index is 1.31. The summed E-state index contributed by atoms with van der Waals surface area (Å²) in [5.74, 6) is 0. The standard InChI is InChI=1S/C23H27N5O/c1-19-6-4-9-22(16-19)26-12-14-27(15-13-26)23(29)24-17-20-7-2-3-8-21(20)18-28-11-5-10-25-28/h2-11,16H,12-15,17-18H2,1H3,(H,24,29). The topological polar surface area (TPSA) is 53.4 Å². The molecule has 150 valence electrons. The van der Waals surface area contributed by atoms with Gasteiger partial charge in [0.15, 0.2) is 0 Å². The van der Waals surface area contributed by atoms with Gasteiger partial charge in [-0.05, 0) is 41.8 Å². The van der Waals surface area contributed by atoms with Crippen LogP contribution < -0.4 is 10.2 Å². The van der Waals surface area contributed by atoms with E-state index in [9.17, 15) is 4.79 Å². The Morgan fingerprint density at radius 1 is 1.00 bits per heavy atom. The smallest absolute Gasteiger partial charge is 0.317 e. The average Bonchev–Trinajstić information content (AvgIpc) is 3.26. The third kappa shape index (κ3) is 4.77. The molecule has 6 heteroatoms. The molecule has 0 radical (unpaired) electrons. The number of aromatic nitrogens is 2. The summed E-state index contributed by atoms with van der Waals surface area (Å²) < 4.78 is 1.89. The van der Waals surface area contributed by atoms with Crippen LogP contribution in [0.15, 0.2) is 67.0 Å². The molecule has 2 aromatic carbocycles. The van der Waals surface area contributed by atoms with E-state index >= 15 is 0 Å². The van der Waals surface area contributed by atoms with Crippen molar-refractivity contribution in [1.29, 1.82) is 0 Å². The van der Waals surface area contributed by atoms with Crippen molar-refractivity contribution in [3.8, 4) is 0 Å². The summed E-state index contributed by atoms with van der Waals surface area (Å²) in [4.78, 5) is 16.9. The van der Waals surface area contributed by atoms with E-state index in [4.69, 9.17) is 0 Å². The van der Waals surface area contributed by atoms with Gasteiger partial charge in [-0.15, -0.1) is 0 Å². The second-order valence-electron chi connectivity index (χ2n) is 7.44. The Labute approximate surface area is 171 Å². The minimum atomic E-state index is 0.00258. The number of aryl methyl sites for hydroxylation is 1. The first-order valence-corrected chi connectivity index (χ1v) is 10.1. The molecule has 1 aliphatic rings. The molecule has 1 fully saturated rings. The number of hydrogen-bond donors (Lipinski definition) is 1. The summed E-state index contributed by atoms with van der Waals surface area (Å²) in [6.07, 6.45) is 3.73. The number of amides is 2. The molecule has 1 aromatic heterocycles. The van der Waals surface area contributed by atoms with Gasteiger partial charge >= 0.3 is 6.03 Å². The van der Waals surface area contributed by atoms with Crippen molar-refractivity contribution in [1.82, 2.24) is 20.0 Å². The van der Waals surface area contributed by atoms with Gasteiger partial charge in [0.2, 0.25) is 0 Å². The number of piperazine rings is 1. The molecule has 2 heterocycles. The van der Waals surface area contributed by atoms with Gasteiger partial charge in [-0.25, -0.2) is 4.79 Å². The highest BCUT2D eigenvalue weighted by Gasteiger charge is 2.21. The fourth-order valence-corrected chi connectivity index (χ4v) is 3.73. The van der Waals surface area contributed by atoms with Gasteiger partial charge in [0, 0.05) is 50.8 Å². The van der Waals surface area contributed by atoms with Gasteiger partial charge in [0.05, 0.1) is 6.54 Å². The van der Waals surface area contributed by atoms with Crippen LogP contribution in [0.1, 0.15) is 16.7 Å². The molecule has 0 atom stereocenters. The molecule has 29 heavy (non-hydrogen) atoms. The molecule has 0 aliphatic carbocycles. The largest absolute Gasteiger partial charge is 0.368 e. The summed E-state index contributed by atoms with van der Waals surface area (Å²) in [7, 11) is 0. The Morgan fingerprint density at radius 3 is 2.52 bits per heavy atom. The quantitative estimate of drug-likeness (QED) is 0.729. The zero-order chi connectivity index (χ0) is 20.1. The van der Waals surface area contributed by atoms with Crippen LogP contribution in [0.4, 0.5) is 10.5 Å². The average molecular weight is 390 g/mol. The number of hydrogen-bond acceptors (Lipinski definition) is 3. The van der Waals surface area contributed by atoms with E-state index in [1.54, 1.807) is 6.20 Å². The summed E-state index contributed by atoms with van der Waals surface area (Å²) in [5.41, 5.74) is 4.78. The predicted molar refractivity (Wildman–Crippen MR) is 115 cm³/mol. The monoisotopic (exact) mass is 389 g/mol. The normalized spacial score (nSPS) is 14.1. The lowest BCUT2D eigenvalue weighted by atomic mass is 10.1. The van der Waals surface area contributed by atoms with Gasteiger partial charge in [-0.1, -0.05) is 36.4 Å². The highest BCUT2D eigenvalue weighted by molar-refractivity contribution is 5.74. The Kier molecular flexibility index (Phi) is 5.79. The van der Waals surface area contributed by atoms with Crippen LogP contribution in [0.3, 0.4) is 0 Å². The number of anilines is 1. The zero-order valence-electron chi connectivity index (χ0n) is 16.8. The molecule has 1 aliphatic heterocycles. The van der Waals surface area contributed by atoms with E-state index in [-0.39, 0.29) is 6.03 Å². The maximum absolute atomic E-state index is 12.7. The van der Waals surface area contributed by atoms with Gasteiger partial charge < -0.3 is 15.1 Å². The molecule has 0 unspecified atom stereocenters. The van der Waals surface area contributed by atoms with Crippen molar-refractivity contribution in [3.63, 3.8) is 0 Å². The lowest BCUT2D eigenvalue weighted by molar-refractivity contribution is 0.194. The van der Waals surface area contributed by atoms with E-state index in [0.717, 1.165) is 31.7 Å². The minimum absolute atomic E-state index is 0.00258. The predicted octanol–water partition coefficient (Wildman–Crippen LogP) is 3.27. The molecule has 2 amide bonds. The second kappa shape index (κ2) is 8.82. The van der Waals surface area contributed by atoms with Crippen LogP contribution in [0.5, 0.6) is 0 Å². The SMILES string of the molecule is Cc1cccc(N2CCN(C(=O)NCc3ccccc3Cn3cccn3)CC2)c1. The highest BCUT2D eigenvalue weighted by atomic mass is 16.2. The molecular weight excluding hydrogens is 362 g/mol. The Bertz CT molecular complexity index is 945. The number of urea groups is 1. The second-order valence-corrected chi connectivity index (χ2v) is 7.44. The number of nitrogens with zero attached hydrogens (tertiary/aromatic N) is 4. The van der Waals surface area contributed by atoms with Crippen LogP contribution in [-0.2, 0) is 13.1 Å². The Morgan fingerprint density at radius 2 is 1.79 bits per heavy atom. The van der Waals surface area contributed by atoms with E-state index in [2.05, 4.69) is 58.6 Å². The van der Waals surface area contributed by atoms with Crippen molar-refractivity contribution < 1.29 is 4.79 Å². The van der Waals surface area contributed by atoms with Crippen molar-refractivity contribution in [2.45, 2.75) is 20.0 Å². The molecule has 0 bridgehead atoms. The zero-order valence-corrected chi connectivity index (χ0v) is 16.8. The van der Waals surface area contributed by atoms with E-state index < -0.39 is 0 Å². The molecule has 1 saturated heterocycles. The van der Waals surface area contributed by atoms with Gasteiger partial charge in [0.1, 0.15) is 0 Å². The summed E-state index contributed by atoms with van der Waals surface area (Å²) in [6, 6.07) is 18.6. The number of carbonyl (C=O) groups is 1. The van der Waals surface area contributed by atoms with Crippen LogP contribution in [0.2, 0.25) is 0 Å². The fourth-order valence-electron chi connectivity index (χ4n) is 3.73. The maximum atomic E-state index is 12.7. The van der Waals surface area contributed by atoms with E-state index in [1.165, 1.54) is 16.8 Å². The minimum Gasteiger partial charge on any atom is -0.368 e. The summed E-state index contributed by atoms with van der Waals surface area (Å²) in [5, 5.41) is 7.37. The van der Waals surface area contributed by atoms with Crippen LogP contribution >= 0.6 is 0 Å². The molecule has 4 rings (SSSR count). The molecule has 3 aromatic rings. The van der Waals surface area contributed by atoms with Crippen LogP contribution in [0.25, 0.3) is 0 Å². The van der Waals surface area contributed by atoms with Gasteiger partial charge in [0.25, 0.3) is 0 Å². The number of benzene rings is 2. The maximum Gasteiger partial charge on any atom is 0.317 e. The van der Waals surface area contributed by atoms with Crippen molar-refractivity contribution in [2.75, 3.05) is 31.1 Å². The fraction of sp³-hybridized carbons (Fsp3) is 0.304. The Hall–Kier alpha value is -3.28. The van der Waals surface area contributed by atoms with Crippen LogP contribution in [0, 0.1) is 6.92 Å². The molecular formula is C23H27N5O. The van der Waals surface area contributed by atoms with Crippen LogP contribution in [-0.4, -0.2) is 46.9 Å². The molecule has 1 N–H and O–H groups in total. The molecule has 6 nitrogen and oxygen atoms in total. The van der Waals surface area contributed by atoms with Crippen molar-refractivity contribution in [2.24, 2.45) is 0 Å². The summed E-state index contributed by atoms with van der Waals surface area (Å²) >= 11 is 0. The van der Waals surface area contributed by atoms with E-state index in [0.29, 0.717) is 13.1 Å².